The predicted octanol–water partition coefficient (Wildman–Crippen LogP) is 2.74. The minimum Gasteiger partial charge on any atom is -0.475 e. The molecule has 3 rings (SSSR count). The Labute approximate surface area is 212 Å². The number of carboxylic acid groups (broad SMARTS) is 2. The van der Waals surface area contributed by atoms with Gasteiger partial charge in [-0.25, -0.2) is 9.59 Å². The van der Waals surface area contributed by atoms with Gasteiger partial charge in [-0.3, -0.25) is 4.90 Å². The lowest BCUT2D eigenvalue weighted by atomic mass is 10.3. The monoisotopic (exact) mass is 563 g/mol. The molecule has 0 fully saturated rings. The Balaban J connectivity index is 0.000000404. The Bertz CT molecular complexity index is 942. The van der Waals surface area contributed by atoms with E-state index >= 15 is 0 Å². The Morgan fingerprint density at radius 3 is 2.14 bits per heavy atom. The number of fused-ring (bicyclic) bond motifs is 1. The van der Waals surface area contributed by atoms with Gasteiger partial charge in [-0.05, 0) is 36.5 Å². The van der Waals surface area contributed by atoms with E-state index in [1.807, 2.05) is 0 Å². The lowest BCUT2D eigenvalue weighted by Gasteiger charge is -2.18. The van der Waals surface area contributed by atoms with Crippen LogP contribution in [0.15, 0.2) is 16.8 Å². The molecule has 37 heavy (non-hydrogen) atoms. The first kappa shape index (κ1) is 32.3. The number of carboxylic acids is 2. The first-order valence-electron chi connectivity index (χ1n) is 10.6. The van der Waals surface area contributed by atoms with Gasteiger partial charge in [0.05, 0.1) is 6.61 Å². The molecule has 0 unspecified atom stereocenters. The molecule has 1 aliphatic rings. The summed E-state index contributed by atoms with van der Waals surface area (Å²) in [5, 5.41) is 27.3. The molecule has 0 bridgehead atoms. The number of carbonyl (C=O) groups is 2. The molecule has 0 saturated heterocycles. The minimum absolute atomic E-state index is 0.547. The summed E-state index contributed by atoms with van der Waals surface area (Å²) in [7, 11) is 4.10. The van der Waals surface area contributed by atoms with E-state index in [0.29, 0.717) is 6.61 Å². The molecule has 0 radical (unpaired) electrons. The molecule has 1 aliphatic heterocycles. The summed E-state index contributed by atoms with van der Waals surface area (Å²) in [4.78, 5) is 22.4. The zero-order chi connectivity index (χ0) is 28.2. The van der Waals surface area contributed by atoms with E-state index in [1.54, 1.807) is 11.3 Å². The topological polar surface area (TPSA) is 121 Å². The van der Waals surface area contributed by atoms with Crippen molar-refractivity contribution in [1.29, 1.82) is 0 Å². The van der Waals surface area contributed by atoms with Crippen molar-refractivity contribution < 1.29 is 50.9 Å². The second kappa shape index (κ2) is 14.8. The Morgan fingerprint density at radius 1 is 1.05 bits per heavy atom. The third-order valence-corrected chi connectivity index (χ3v) is 5.31. The zero-order valence-corrected chi connectivity index (χ0v) is 20.7. The van der Waals surface area contributed by atoms with E-state index in [9.17, 15) is 26.3 Å². The maximum Gasteiger partial charge on any atom is 0.490 e. The lowest BCUT2D eigenvalue weighted by molar-refractivity contribution is -0.193. The maximum absolute atomic E-state index is 10.6. The highest BCUT2D eigenvalue weighted by Gasteiger charge is 2.38. The Kier molecular flexibility index (Phi) is 12.9. The van der Waals surface area contributed by atoms with Crippen LogP contribution in [0.4, 0.5) is 26.3 Å². The molecule has 0 aliphatic carbocycles. The summed E-state index contributed by atoms with van der Waals surface area (Å²) in [5.74, 6) is -3.47. The molecular weight excluding hydrogens is 536 g/mol. The van der Waals surface area contributed by atoms with Crippen LogP contribution in [-0.4, -0.2) is 99.4 Å². The molecule has 2 aromatic heterocycles. The summed E-state index contributed by atoms with van der Waals surface area (Å²) in [5.41, 5.74) is 1.40. The molecule has 0 atom stereocenters. The van der Waals surface area contributed by atoms with Crippen LogP contribution in [0.2, 0.25) is 0 Å². The summed E-state index contributed by atoms with van der Waals surface area (Å²) in [6, 6.07) is 2.21. The van der Waals surface area contributed by atoms with Crippen LogP contribution in [0.1, 0.15) is 17.2 Å². The van der Waals surface area contributed by atoms with Crippen molar-refractivity contribution in [3.8, 4) is 0 Å². The third-order valence-electron chi connectivity index (χ3n) is 4.58. The molecule has 2 aromatic rings. The number of nitrogens with zero attached hydrogens (tertiary/aromatic N) is 5. The largest absolute Gasteiger partial charge is 0.490 e. The average molecular weight is 564 g/mol. The molecule has 2 N–H and O–H groups in total. The molecule has 10 nitrogen and oxygen atoms in total. The molecule has 17 heteroatoms. The van der Waals surface area contributed by atoms with E-state index in [4.69, 9.17) is 24.5 Å². The van der Waals surface area contributed by atoms with Gasteiger partial charge < -0.3 is 24.4 Å². The van der Waals surface area contributed by atoms with Gasteiger partial charge in [-0.15, -0.1) is 10.2 Å². The second-order valence-electron chi connectivity index (χ2n) is 7.80. The summed E-state index contributed by atoms with van der Waals surface area (Å²) < 4.78 is 71.4. The molecular formula is C20H27F6N5O5S. The maximum atomic E-state index is 10.6. The first-order chi connectivity index (χ1) is 17.1. The highest BCUT2D eigenvalue weighted by molar-refractivity contribution is 7.07. The summed E-state index contributed by atoms with van der Waals surface area (Å²) in [6.45, 7) is 6.23. The molecule has 0 spiro atoms. The Morgan fingerprint density at radius 2 is 1.65 bits per heavy atom. The second-order valence-corrected chi connectivity index (χ2v) is 8.58. The predicted molar refractivity (Wildman–Crippen MR) is 119 cm³/mol. The fourth-order valence-electron chi connectivity index (χ4n) is 2.74. The van der Waals surface area contributed by atoms with Crippen molar-refractivity contribution in [1.82, 2.24) is 24.6 Å². The number of hydrogen-bond donors (Lipinski definition) is 2. The van der Waals surface area contributed by atoms with Crippen LogP contribution in [0, 0.1) is 0 Å². The molecule has 3 heterocycles. The quantitative estimate of drug-likeness (QED) is 0.387. The normalized spacial score (nSPS) is 14.1. The van der Waals surface area contributed by atoms with Crippen molar-refractivity contribution in [3.05, 3.63) is 34.0 Å². The number of likely N-dealkylation sites (N-methyl/N-ethyl adjacent to an activating group) is 1. The van der Waals surface area contributed by atoms with E-state index < -0.39 is 24.3 Å². The van der Waals surface area contributed by atoms with Gasteiger partial charge in [0.2, 0.25) is 0 Å². The van der Waals surface area contributed by atoms with Gasteiger partial charge in [0, 0.05) is 39.1 Å². The number of ether oxygens (including phenoxy) is 1. The SMILES string of the molecule is CN(C)CCOCc1nnc2n1CCN(Cc1ccsc1)CC2.O=C(O)C(F)(F)F.O=C(O)C(F)(F)F. The van der Waals surface area contributed by atoms with E-state index in [0.717, 1.165) is 57.4 Å². The zero-order valence-electron chi connectivity index (χ0n) is 19.9. The van der Waals surface area contributed by atoms with Gasteiger partial charge in [-0.1, -0.05) is 0 Å². The van der Waals surface area contributed by atoms with Crippen LogP contribution in [0.5, 0.6) is 0 Å². The number of alkyl halides is 6. The van der Waals surface area contributed by atoms with Crippen LogP contribution < -0.4 is 0 Å². The fourth-order valence-corrected chi connectivity index (χ4v) is 3.40. The fraction of sp³-hybridized carbons (Fsp3) is 0.600. The average Bonchev–Trinajstić information content (AvgIpc) is 3.37. The number of halogens is 6. The number of aliphatic carboxylic acids is 2. The third kappa shape index (κ3) is 12.9. The number of hydrogen-bond acceptors (Lipinski definition) is 8. The number of rotatable bonds is 7. The minimum atomic E-state index is -5.08. The van der Waals surface area contributed by atoms with E-state index in [1.165, 1.54) is 5.56 Å². The first-order valence-corrected chi connectivity index (χ1v) is 11.5. The van der Waals surface area contributed by atoms with Crippen LogP contribution >= 0.6 is 11.3 Å². The van der Waals surface area contributed by atoms with E-state index in [-0.39, 0.29) is 0 Å². The Hall–Kier alpha value is -2.76. The molecule has 0 saturated carbocycles. The van der Waals surface area contributed by atoms with Gasteiger partial charge in [-0.2, -0.15) is 37.7 Å². The number of aromatic nitrogens is 3. The van der Waals surface area contributed by atoms with Crippen LogP contribution in [0.3, 0.4) is 0 Å². The standard InChI is InChI=1S/C16H25N5OS.2C2HF3O2/c1-19(2)8-9-22-12-16-18-17-15-3-5-20(6-7-21(15)16)11-14-4-10-23-13-14;2*3-2(4,5)1(6)7/h4,10,13H,3,5-9,11-12H2,1-2H3;2*(H,6,7). The van der Waals surface area contributed by atoms with Gasteiger partial charge >= 0.3 is 24.3 Å². The van der Waals surface area contributed by atoms with Crippen molar-refractivity contribution in [3.63, 3.8) is 0 Å². The molecule has 0 amide bonds. The van der Waals surface area contributed by atoms with E-state index in [2.05, 4.69) is 55.5 Å². The number of thiophene rings is 1. The van der Waals surface area contributed by atoms with Crippen molar-refractivity contribution in [2.45, 2.75) is 38.5 Å². The highest BCUT2D eigenvalue weighted by atomic mass is 32.1. The van der Waals surface area contributed by atoms with Crippen molar-refractivity contribution >= 4 is 23.3 Å². The van der Waals surface area contributed by atoms with Crippen molar-refractivity contribution in [2.24, 2.45) is 0 Å². The smallest absolute Gasteiger partial charge is 0.475 e. The van der Waals surface area contributed by atoms with Crippen LogP contribution in [-0.2, 0) is 40.4 Å². The molecule has 210 valence electrons. The highest BCUT2D eigenvalue weighted by Crippen LogP contribution is 2.15. The summed E-state index contributed by atoms with van der Waals surface area (Å²) >= 11 is 1.76. The van der Waals surface area contributed by atoms with Gasteiger partial charge in [0.1, 0.15) is 12.4 Å². The van der Waals surface area contributed by atoms with Crippen molar-refractivity contribution in [2.75, 3.05) is 40.3 Å². The lowest BCUT2D eigenvalue weighted by Crippen LogP contribution is -2.26. The summed E-state index contributed by atoms with van der Waals surface area (Å²) in [6.07, 6.45) is -9.21. The van der Waals surface area contributed by atoms with Crippen LogP contribution in [0.25, 0.3) is 0 Å². The van der Waals surface area contributed by atoms with Gasteiger partial charge in [0.25, 0.3) is 0 Å². The molecule has 0 aromatic carbocycles. The van der Waals surface area contributed by atoms with Gasteiger partial charge in [0.15, 0.2) is 5.82 Å².